The molecule has 0 N–H and O–H groups in total. The van der Waals surface area contributed by atoms with E-state index in [1.807, 2.05) is 29.2 Å². The first-order valence-electron chi connectivity index (χ1n) is 10.2. The van der Waals surface area contributed by atoms with Crippen molar-refractivity contribution in [2.24, 2.45) is 0 Å². The van der Waals surface area contributed by atoms with Crippen LogP contribution in [0.15, 0.2) is 53.7 Å². The van der Waals surface area contributed by atoms with Gasteiger partial charge in [0.05, 0.1) is 23.5 Å². The van der Waals surface area contributed by atoms with E-state index in [-0.39, 0.29) is 17.5 Å². The number of amides is 1. The van der Waals surface area contributed by atoms with E-state index in [1.165, 1.54) is 0 Å². The molecule has 5 rings (SSSR count). The zero-order valence-electron chi connectivity index (χ0n) is 16.2. The molecular weight excluding hydrogens is 366 g/mol. The fraction of sp³-hybridized carbons (Fsp3) is 0.364. The van der Waals surface area contributed by atoms with Crippen molar-refractivity contribution in [2.75, 3.05) is 31.1 Å². The third-order valence-corrected chi connectivity index (χ3v) is 5.96. The first-order valence-corrected chi connectivity index (χ1v) is 10.2. The number of likely N-dealkylation sites (tertiary alicyclic amines) is 1. The van der Waals surface area contributed by atoms with Crippen LogP contribution in [0.2, 0.25) is 0 Å². The van der Waals surface area contributed by atoms with Crippen molar-refractivity contribution in [1.29, 1.82) is 0 Å². The highest BCUT2D eigenvalue weighted by Gasteiger charge is 2.28. The second-order valence-corrected chi connectivity index (χ2v) is 7.79. The van der Waals surface area contributed by atoms with E-state index >= 15 is 0 Å². The number of anilines is 1. The summed E-state index contributed by atoms with van der Waals surface area (Å²) in [6, 6.07) is 9.35. The van der Waals surface area contributed by atoms with Gasteiger partial charge in [-0.2, -0.15) is 5.10 Å². The van der Waals surface area contributed by atoms with Crippen LogP contribution in [0.1, 0.15) is 35.7 Å². The molecule has 2 aromatic heterocycles. The molecule has 0 radical (unpaired) electrons. The molecule has 0 unspecified atom stereocenters. The maximum Gasteiger partial charge on any atom is 0.269 e. The number of piperidine rings is 1. The van der Waals surface area contributed by atoms with E-state index in [0.29, 0.717) is 18.7 Å². The summed E-state index contributed by atoms with van der Waals surface area (Å²) >= 11 is 0. The predicted octanol–water partition coefficient (Wildman–Crippen LogP) is 2.48. The first-order chi connectivity index (χ1) is 14.2. The molecule has 0 saturated carbocycles. The molecule has 4 heterocycles. The second kappa shape index (κ2) is 7.31. The van der Waals surface area contributed by atoms with Crippen LogP contribution in [0, 0.1) is 0 Å². The molecule has 0 spiro atoms. The Balaban J connectivity index is 1.39. The summed E-state index contributed by atoms with van der Waals surface area (Å²) in [7, 11) is 0. The molecule has 7 heteroatoms. The van der Waals surface area contributed by atoms with Crippen LogP contribution in [0.3, 0.4) is 0 Å². The number of rotatable bonds is 3. The minimum atomic E-state index is -0.103. The van der Waals surface area contributed by atoms with Gasteiger partial charge in [-0.1, -0.05) is 24.3 Å². The lowest BCUT2D eigenvalue weighted by Gasteiger charge is -2.34. The quantitative estimate of drug-likeness (QED) is 0.688. The highest BCUT2D eigenvalue weighted by atomic mass is 16.2. The third-order valence-electron chi connectivity index (χ3n) is 5.96. The van der Waals surface area contributed by atoms with Crippen molar-refractivity contribution in [2.45, 2.75) is 25.3 Å². The Morgan fingerprint density at radius 3 is 2.69 bits per heavy atom. The average Bonchev–Trinajstić information content (AvgIpc) is 2.72. The molecule has 1 atom stereocenters. The lowest BCUT2D eigenvalue weighted by atomic mass is 10.0. The van der Waals surface area contributed by atoms with Gasteiger partial charge in [0.2, 0.25) is 0 Å². The van der Waals surface area contributed by atoms with Gasteiger partial charge in [-0.3, -0.25) is 14.6 Å². The lowest BCUT2D eigenvalue weighted by molar-refractivity contribution is 0.0671. The number of nitrogens with zero attached hydrogens (tertiary/aromatic N) is 5. The van der Waals surface area contributed by atoms with Crippen molar-refractivity contribution in [3.63, 3.8) is 0 Å². The van der Waals surface area contributed by atoms with Gasteiger partial charge in [0.25, 0.3) is 11.5 Å². The second-order valence-electron chi connectivity index (χ2n) is 7.79. The Morgan fingerprint density at radius 1 is 1.03 bits per heavy atom. The number of hydrogen-bond acceptors (Lipinski definition) is 5. The number of aromatic nitrogens is 3. The van der Waals surface area contributed by atoms with Gasteiger partial charge in [-0.15, -0.1) is 0 Å². The van der Waals surface area contributed by atoms with Gasteiger partial charge in [-0.05, 0) is 24.6 Å². The van der Waals surface area contributed by atoms with Crippen LogP contribution in [0.5, 0.6) is 0 Å². The van der Waals surface area contributed by atoms with Crippen molar-refractivity contribution < 1.29 is 4.79 Å². The van der Waals surface area contributed by atoms with Gasteiger partial charge in [0, 0.05) is 50.0 Å². The number of pyridine rings is 1. The van der Waals surface area contributed by atoms with E-state index in [9.17, 15) is 9.59 Å². The Kier molecular flexibility index (Phi) is 4.50. The van der Waals surface area contributed by atoms with Crippen molar-refractivity contribution >= 4 is 22.4 Å². The lowest BCUT2D eigenvalue weighted by Crippen LogP contribution is -2.44. The zero-order chi connectivity index (χ0) is 19.8. The molecule has 148 valence electrons. The minimum Gasteiger partial charge on any atom is -0.370 e. The maximum absolute atomic E-state index is 13.2. The maximum atomic E-state index is 13.2. The van der Waals surface area contributed by atoms with Gasteiger partial charge in [0.15, 0.2) is 0 Å². The van der Waals surface area contributed by atoms with Gasteiger partial charge < -0.3 is 9.80 Å². The van der Waals surface area contributed by atoms with Crippen LogP contribution in [0.25, 0.3) is 10.8 Å². The van der Waals surface area contributed by atoms with E-state index in [4.69, 9.17) is 0 Å². The SMILES string of the molecule is O=C(c1cncc2ccccc12)N1CCC[C@H](n2ncc(N3CCC3)cc2=O)C1. The van der Waals surface area contributed by atoms with E-state index in [1.54, 1.807) is 29.3 Å². The number of benzene rings is 1. The fourth-order valence-electron chi connectivity index (χ4n) is 4.23. The number of carbonyl (C=O) groups excluding carboxylic acids is 1. The Bertz CT molecular complexity index is 1120. The first kappa shape index (κ1) is 17.8. The summed E-state index contributed by atoms with van der Waals surface area (Å²) in [6.45, 7) is 3.13. The topological polar surface area (TPSA) is 71.3 Å². The Labute approximate surface area is 168 Å². The molecule has 2 saturated heterocycles. The Hall–Kier alpha value is -3.22. The van der Waals surface area contributed by atoms with Crippen LogP contribution in [-0.2, 0) is 0 Å². The number of fused-ring (bicyclic) bond motifs is 1. The van der Waals surface area contributed by atoms with E-state index in [2.05, 4.69) is 15.0 Å². The third kappa shape index (κ3) is 3.26. The summed E-state index contributed by atoms with van der Waals surface area (Å²) in [5.41, 5.74) is 1.40. The summed E-state index contributed by atoms with van der Waals surface area (Å²) in [5, 5.41) is 6.29. The highest BCUT2D eigenvalue weighted by Crippen LogP contribution is 2.25. The van der Waals surface area contributed by atoms with E-state index < -0.39 is 0 Å². The molecule has 2 aliphatic rings. The van der Waals surface area contributed by atoms with Crippen LogP contribution in [0.4, 0.5) is 5.69 Å². The van der Waals surface area contributed by atoms with Gasteiger partial charge >= 0.3 is 0 Å². The van der Waals surface area contributed by atoms with Crippen LogP contribution < -0.4 is 10.5 Å². The van der Waals surface area contributed by atoms with Crippen molar-refractivity contribution in [1.82, 2.24) is 19.7 Å². The summed E-state index contributed by atoms with van der Waals surface area (Å²) in [5.74, 6) is -0.0377. The van der Waals surface area contributed by atoms with E-state index in [0.717, 1.165) is 48.8 Å². The molecule has 7 nitrogen and oxygen atoms in total. The van der Waals surface area contributed by atoms with Crippen molar-refractivity contribution in [3.05, 3.63) is 64.8 Å². The molecule has 3 aromatic rings. The number of hydrogen-bond donors (Lipinski definition) is 0. The molecule has 2 aliphatic heterocycles. The zero-order valence-corrected chi connectivity index (χ0v) is 16.2. The molecule has 0 aliphatic carbocycles. The Morgan fingerprint density at radius 2 is 1.90 bits per heavy atom. The highest BCUT2D eigenvalue weighted by molar-refractivity contribution is 6.06. The molecule has 2 fully saturated rings. The fourth-order valence-corrected chi connectivity index (χ4v) is 4.23. The molecule has 1 amide bonds. The summed E-state index contributed by atoms with van der Waals surface area (Å²) < 4.78 is 1.55. The number of carbonyl (C=O) groups is 1. The smallest absolute Gasteiger partial charge is 0.269 e. The molecular formula is C22H23N5O2. The largest absolute Gasteiger partial charge is 0.370 e. The molecule has 1 aromatic carbocycles. The van der Waals surface area contributed by atoms with Gasteiger partial charge in [0.1, 0.15) is 0 Å². The normalized spacial score (nSPS) is 19.2. The predicted molar refractivity (Wildman–Crippen MR) is 111 cm³/mol. The monoisotopic (exact) mass is 389 g/mol. The summed E-state index contributed by atoms with van der Waals surface area (Å²) in [6.07, 6.45) is 8.03. The summed E-state index contributed by atoms with van der Waals surface area (Å²) in [4.78, 5) is 34.1. The standard InChI is InChI=1S/C22H23N5O2/c28-21-11-18(25-9-4-10-25)13-24-27(21)17-6-3-8-26(15-17)22(29)20-14-23-12-16-5-1-2-7-19(16)20/h1-2,5,7,11-14,17H,3-4,6,8-10,15H2/t17-/m0/s1. The van der Waals surface area contributed by atoms with Crippen LogP contribution in [-0.4, -0.2) is 51.8 Å². The van der Waals surface area contributed by atoms with Crippen LogP contribution >= 0.6 is 0 Å². The van der Waals surface area contributed by atoms with Crippen molar-refractivity contribution in [3.8, 4) is 0 Å². The molecule has 0 bridgehead atoms. The minimum absolute atomic E-state index is 0.0377. The van der Waals surface area contributed by atoms with Gasteiger partial charge in [-0.25, -0.2) is 4.68 Å². The molecule has 29 heavy (non-hydrogen) atoms. The average molecular weight is 389 g/mol.